The number of aromatic nitrogens is 1. The van der Waals surface area contributed by atoms with Crippen LogP contribution in [0.4, 0.5) is 0 Å². The van der Waals surface area contributed by atoms with E-state index >= 15 is 0 Å². The molecule has 2 N–H and O–H groups in total. The number of carbonyl (C=O) groups excluding carboxylic acids is 2. The number of para-hydroxylation sites is 1. The maximum absolute atomic E-state index is 13.1. The monoisotopic (exact) mass is 405 g/mol. The van der Waals surface area contributed by atoms with E-state index in [-0.39, 0.29) is 24.4 Å². The first-order valence-corrected chi connectivity index (χ1v) is 10.2. The highest BCUT2D eigenvalue weighted by Crippen LogP contribution is 2.41. The smallest absolute Gasteiger partial charge is 0.242 e. The molecule has 6 nitrogen and oxygen atoms in total. The van der Waals surface area contributed by atoms with E-state index in [1.54, 1.807) is 7.11 Å². The Kier molecular flexibility index (Phi) is 5.24. The van der Waals surface area contributed by atoms with Crippen LogP contribution in [0, 0.1) is 13.8 Å². The summed E-state index contributed by atoms with van der Waals surface area (Å²) in [6, 6.07) is 12.0. The maximum atomic E-state index is 13.1. The molecule has 1 aromatic heterocycles. The van der Waals surface area contributed by atoms with Crippen molar-refractivity contribution in [1.82, 2.24) is 15.2 Å². The number of nitrogens with zero attached hydrogens (tertiary/aromatic N) is 1. The van der Waals surface area contributed by atoms with Gasteiger partial charge in [-0.3, -0.25) is 9.59 Å². The van der Waals surface area contributed by atoms with Crippen LogP contribution < -0.4 is 10.1 Å². The number of ether oxygens (including phenoxy) is 1. The number of hydrogen-bond donors (Lipinski definition) is 2. The summed E-state index contributed by atoms with van der Waals surface area (Å²) in [4.78, 5) is 29.9. The van der Waals surface area contributed by atoms with Gasteiger partial charge in [-0.15, -0.1) is 0 Å². The Morgan fingerprint density at radius 1 is 1.17 bits per heavy atom. The van der Waals surface area contributed by atoms with E-state index in [0.717, 1.165) is 40.1 Å². The number of hydrogen-bond acceptors (Lipinski definition) is 3. The van der Waals surface area contributed by atoms with Gasteiger partial charge in [0.15, 0.2) is 0 Å². The molecule has 2 amide bonds. The molecular formula is C24H27N3O3. The van der Waals surface area contributed by atoms with Crippen LogP contribution in [0.3, 0.4) is 0 Å². The van der Waals surface area contributed by atoms with Crippen molar-refractivity contribution in [2.45, 2.75) is 33.2 Å². The van der Waals surface area contributed by atoms with Gasteiger partial charge in [-0.1, -0.05) is 24.3 Å². The third kappa shape index (κ3) is 3.32. The number of fused-ring (bicyclic) bond motifs is 3. The number of amides is 2. The van der Waals surface area contributed by atoms with Crippen molar-refractivity contribution in [3.8, 4) is 5.75 Å². The molecule has 1 aliphatic heterocycles. The molecule has 3 aromatic rings. The van der Waals surface area contributed by atoms with Crippen molar-refractivity contribution in [2.75, 3.05) is 20.2 Å². The summed E-state index contributed by atoms with van der Waals surface area (Å²) < 4.78 is 5.49. The van der Waals surface area contributed by atoms with Gasteiger partial charge in [0.25, 0.3) is 0 Å². The summed E-state index contributed by atoms with van der Waals surface area (Å²) in [5.41, 5.74) is 6.61. The zero-order chi connectivity index (χ0) is 21.4. The number of methoxy groups -OCH3 is 1. The fraction of sp³-hybridized carbons (Fsp3) is 0.333. The minimum atomic E-state index is -0.244. The zero-order valence-electron chi connectivity index (χ0n) is 17.8. The Hall–Kier alpha value is -3.28. The topological polar surface area (TPSA) is 74.4 Å². The summed E-state index contributed by atoms with van der Waals surface area (Å²) in [6.45, 7) is 6.13. The van der Waals surface area contributed by atoms with Crippen molar-refractivity contribution >= 4 is 22.7 Å². The molecule has 0 saturated heterocycles. The van der Waals surface area contributed by atoms with Crippen LogP contribution in [0.5, 0.6) is 5.75 Å². The van der Waals surface area contributed by atoms with E-state index in [1.807, 2.05) is 36.1 Å². The van der Waals surface area contributed by atoms with Gasteiger partial charge in [-0.2, -0.15) is 0 Å². The third-order valence-electron chi connectivity index (χ3n) is 6.14. The summed E-state index contributed by atoms with van der Waals surface area (Å²) in [6.07, 6.45) is 0.774. The Balaban J connectivity index is 1.86. The molecule has 0 unspecified atom stereocenters. The highest BCUT2D eigenvalue weighted by Gasteiger charge is 2.35. The van der Waals surface area contributed by atoms with Crippen molar-refractivity contribution in [3.63, 3.8) is 0 Å². The normalized spacial score (nSPS) is 15.7. The van der Waals surface area contributed by atoms with Crippen molar-refractivity contribution in [2.24, 2.45) is 0 Å². The predicted molar refractivity (Wildman–Crippen MR) is 117 cm³/mol. The molecule has 1 atom stereocenters. The molecular weight excluding hydrogens is 378 g/mol. The minimum Gasteiger partial charge on any atom is -0.496 e. The predicted octanol–water partition coefficient (Wildman–Crippen LogP) is 3.40. The van der Waals surface area contributed by atoms with Gasteiger partial charge in [0.2, 0.25) is 11.8 Å². The van der Waals surface area contributed by atoms with Gasteiger partial charge in [0.1, 0.15) is 5.75 Å². The van der Waals surface area contributed by atoms with Crippen molar-refractivity contribution in [1.29, 1.82) is 0 Å². The summed E-state index contributed by atoms with van der Waals surface area (Å²) >= 11 is 0. The zero-order valence-corrected chi connectivity index (χ0v) is 17.8. The fourth-order valence-electron chi connectivity index (χ4n) is 4.47. The van der Waals surface area contributed by atoms with E-state index in [9.17, 15) is 9.59 Å². The molecule has 4 rings (SSSR count). The molecule has 0 spiro atoms. The summed E-state index contributed by atoms with van der Waals surface area (Å²) in [5.74, 6) is 0.534. The molecule has 1 aliphatic rings. The van der Waals surface area contributed by atoms with E-state index < -0.39 is 0 Å². The van der Waals surface area contributed by atoms with Gasteiger partial charge >= 0.3 is 0 Å². The van der Waals surface area contributed by atoms with Gasteiger partial charge in [0, 0.05) is 30.1 Å². The highest BCUT2D eigenvalue weighted by atomic mass is 16.5. The van der Waals surface area contributed by atoms with Crippen LogP contribution >= 0.6 is 0 Å². The van der Waals surface area contributed by atoms with Crippen molar-refractivity contribution < 1.29 is 14.3 Å². The fourth-order valence-corrected chi connectivity index (χ4v) is 4.47. The Morgan fingerprint density at radius 2 is 1.93 bits per heavy atom. The van der Waals surface area contributed by atoms with Crippen LogP contribution in [0.15, 0.2) is 36.4 Å². The van der Waals surface area contributed by atoms with E-state index in [0.29, 0.717) is 6.54 Å². The average molecular weight is 405 g/mol. The van der Waals surface area contributed by atoms with E-state index in [2.05, 4.69) is 29.4 Å². The molecule has 0 fully saturated rings. The lowest BCUT2D eigenvalue weighted by molar-refractivity contribution is -0.134. The molecule has 6 heteroatoms. The third-order valence-corrected chi connectivity index (χ3v) is 6.14. The van der Waals surface area contributed by atoms with Gasteiger partial charge in [-0.05, 0) is 54.7 Å². The molecule has 0 radical (unpaired) electrons. The van der Waals surface area contributed by atoms with Crippen LogP contribution in [-0.4, -0.2) is 41.9 Å². The summed E-state index contributed by atoms with van der Waals surface area (Å²) in [7, 11) is 1.67. The molecule has 0 bridgehead atoms. The van der Waals surface area contributed by atoms with Crippen LogP contribution in [0.2, 0.25) is 0 Å². The van der Waals surface area contributed by atoms with E-state index in [1.165, 1.54) is 17.9 Å². The SMILES string of the molecule is COc1ccc([C@@H]2c3[nH]c4ccccc4c3CCN2C(=O)CNC(C)=O)c(C)c1C. The first-order chi connectivity index (χ1) is 14.4. The second kappa shape index (κ2) is 7.86. The highest BCUT2D eigenvalue weighted by molar-refractivity contribution is 5.88. The lowest BCUT2D eigenvalue weighted by Gasteiger charge is -2.37. The van der Waals surface area contributed by atoms with Crippen LogP contribution in [-0.2, 0) is 16.0 Å². The lowest BCUT2D eigenvalue weighted by Crippen LogP contribution is -2.45. The molecule has 2 aromatic carbocycles. The standard InChI is InChI=1S/C24H27N3O3/c1-14-15(2)21(30-4)10-9-17(14)24-23-19(18-7-5-6-8-20(18)26-23)11-12-27(24)22(29)13-25-16(3)28/h5-10,24,26H,11-13H2,1-4H3,(H,25,28)/t24-/m1/s1. The van der Waals surface area contributed by atoms with Crippen LogP contribution in [0.1, 0.15) is 40.9 Å². The van der Waals surface area contributed by atoms with Crippen molar-refractivity contribution in [3.05, 3.63) is 64.3 Å². The quantitative estimate of drug-likeness (QED) is 0.699. The second-order valence-corrected chi connectivity index (χ2v) is 7.82. The summed E-state index contributed by atoms with van der Waals surface area (Å²) in [5, 5.41) is 3.85. The van der Waals surface area contributed by atoms with Gasteiger partial charge in [-0.25, -0.2) is 0 Å². The molecule has 156 valence electrons. The minimum absolute atomic E-state index is 0.00439. The first-order valence-electron chi connectivity index (χ1n) is 10.2. The van der Waals surface area contributed by atoms with E-state index in [4.69, 9.17) is 4.74 Å². The Labute approximate surface area is 176 Å². The average Bonchev–Trinajstić information content (AvgIpc) is 3.12. The molecule has 0 aliphatic carbocycles. The molecule has 0 saturated carbocycles. The molecule has 30 heavy (non-hydrogen) atoms. The lowest BCUT2D eigenvalue weighted by atomic mass is 9.88. The number of aromatic amines is 1. The number of rotatable bonds is 4. The van der Waals surface area contributed by atoms with Gasteiger partial charge < -0.3 is 19.9 Å². The number of benzene rings is 2. The van der Waals surface area contributed by atoms with Crippen LogP contribution in [0.25, 0.3) is 10.9 Å². The second-order valence-electron chi connectivity index (χ2n) is 7.82. The number of carbonyl (C=O) groups is 2. The van der Waals surface area contributed by atoms with Gasteiger partial charge in [0.05, 0.1) is 19.7 Å². The number of H-pyrrole nitrogens is 1. The Bertz CT molecular complexity index is 1130. The number of nitrogens with one attached hydrogen (secondary N) is 2. The first kappa shape index (κ1) is 20.0. The largest absolute Gasteiger partial charge is 0.496 e. The molecule has 2 heterocycles. The maximum Gasteiger partial charge on any atom is 0.242 e. The Morgan fingerprint density at radius 3 is 2.67 bits per heavy atom.